The van der Waals surface area contributed by atoms with Gasteiger partial charge in [-0.25, -0.2) is 0 Å². The normalized spacial score (nSPS) is 13.5. The number of hydrogen-bond acceptors (Lipinski definition) is 9. The van der Waals surface area contributed by atoms with Crippen LogP contribution in [0.25, 0.3) is 34.2 Å². The summed E-state index contributed by atoms with van der Waals surface area (Å²) in [5.74, 6) is 0. The summed E-state index contributed by atoms with van der Waals surface area (Å²) in [6.07, 6.45) is 28.1. The fourth-order valence-electron chi connectivity index (χ4n) is 6.85. The Labute approximate surface area is 486 Å². The molecule has 9 rings (SSSR count). The summed E-state index contributed by atoms with van der Waals surface area (Å²) in [7, 11) is -32.0. The molecule has 0 amide bonds. The largest absolute Gasteiger partial charge is 3.00 e. The summed E-state index contributed by atoms with van der Waals surface area (Å²) in [6, 6.07) is 37.1. The second kappa shape index (κ2) is 27.1. The SMILES string of the molecule is Cc1ccnc(-c2cc(CCc3ccncc3)ccn2)c1.Cc1ccnc(-c2cc(CCc3ccncc3)ccn2)c1.Cc1ccnc(-c2cc(CCc3ccncc3)ccn2)c1.F[P-](F)(F)(F)(F)F.F[P-](F)(F)(F)(F)F.F[P-](F)(F)(F)(F)F.[Fe+3]. The van der Waals surface area contributed by atoms with Gasteiger partial charge in [0.05, 0.1) is 34.2 Å². The van der Waals surface area contributed by atoms with Gasteiger partial charge in [-0.1, -0.05) is 0 Å². The van der Waals surface area contributed by atoms with Crippen LogP contribution >= 0.6 is 23.4 Å². The Kier molecular flexibility index (Phi) is 23.0. The van der Waals surface area contributed by atoms with Gasteiger partial charge in [0.1, 0.15) is 0 Å². The van der Waals surface area contributed by atoms with E-state index in [0.717, 1.165) is 72.7 Å². The maximum absolute atomic E-state index is 10.7. The predicted octanol–water partition coefficient (Wildman–Crippen LogP) is 21.0. The van der Waals surface area contributed by atoms with Gasteiger partial charge in [0.2, 0.25) is 0 Å². The summed E-state index contributed by atoms with van der Waals surface area (Å²) in [6.45, 7) is 6.20. The van der Waals surface area contributed by atoms with Crippen LogP contribution in [-0.2, 0) is 55.6 Å². The van der Waals surface area contributed by atoms with E-state index in [1.165, 1.54) is 50.1 Å². The molecule has 0 aliphatic carbocycles. The standard InChI is InChI=1S/3C18H17N3.3F6P.Fe/c3*1-14-4-10-20-17(12-14)18-13-16(7-11-21-18)3-2-15-5-8-19-9-6-15;3*1-7(2,3,4,5)6;/h3*4-13H,2-3H2,1H3;;;;/q;;;3*-1;+3. The zero-order valence-corrected chi connectivity index (χ0v) is 48.4. The van der Waals surface area contributed by atoms with Crippen LogP contribution < -0.4 is 0 Å². The summed E-state index contributed by atoms with van der Waals surface area (Å²) in [5.41, 5.74) is 16.9. The van der Waals surface area contributed by atoms with E-state index in [-0.39, 0.29) is 17.1 Å². The second-order valence-corrected chi connectivity index (χ2v) is 24.0. The Morgan fingerprint density at radius 2 is 0.388 bits per heavy atom. The van der Waals surface area contributed by atoms with Gasteiger partial charge in [0.25, 0.3) is 0 Å². The van der Waals surface area contributed by atoms with Crippen molar-refractivity contribution in [2.75, 3.05) is 0 Å². The molecule has 0 unspecified atom stereocenters. The molecule has 0 bridgehead atoms. The van der Waals surface area contributed by atoms with E-state index >= 15 is 0 Å². The molecule has 0 saturated heterocycles. The molecule has 0 aromatic carbocycles. The fraction of sp³-hybridized carbons (Fsp3) is 0.167. The van der Waals surface area contributed by atoms with Crippen molar-refractivity contribution in [1.29, 1.82) is 0 Å². The molecular weight excluding hydrogens is 1270 g/mol. The first-order valence-electron chi connectivity index (χ1n) is 24.3. The molecule has 0 atom stereocenters. The first kappa shape index (κ1) is 72.2. The molecular formula is C54H51F18FeN9P3. The molecule has 31 heteroatoms. The molecule has 0 spiro atoms. The minimum atomic E-state index is -10.7. The summed E-state index contributed by atoms with van der Waals surface area (Å²) in [4.78, 5) is 38.6. The minimum Gasteiger partial charge on any atom is 3.00 e. The number of pyridine rings is 9. The van der Waals surface area contributed by atoms with Crippen LogP contribution in [0, 0.1) is 20.8 Å². The van der Waals surface area contributed by atoms with E-state index in [1.807, 2.05) is 92.6 Å². The van der Waals surface area contributed by atoms with Crippen molar-refractivity contribution in [1.82, 2.24) is 44.9 Å². The summed E-state index contributed by atoms with van der Waals surface area (Å²) in [5, 5.41) is 0. The van der Waals surface area contributed by atoms with E-state index in [0.29, 0.717) is 0 Å². The van der Waals surface area contributed by atoms with Crippen molar-refractivity contribution >= 4 is 23.4 Å². The predicted molar refractivity (Wildman–Crippen MR) is 292 cm³/mol. The summed E-state index contributed by atoms with van der Waals surface area (Å²) < 4.78 is 178. The molecule has 0 saturated carbocycles. The Hall–Kier alpha value is -7.10. The fourth-order valence-corrected chi connectivity index (χ4v) is 6.85. The molecule has 0 fully saturated rings. The molecule has 0 aliphatic rings. The smallest absolute Gasteiger partial charge is 3.00 e. The Morgan fingerprint density at radius 3 is 0.576 bits per heavy atom. The molecule has 9 nitrogen and oxygen atoms in total. The van der Waals surface area contributed by atoms with Gasteiger partial charge in [-0.05, 0) is 219 Å². The minimum absolute atomic E-state index is 0. The Balaban J connectivity index is 0.000000285. The van der Waals surface area contributed by atoms with Crippen LogP contribution in [0.5, 0.6) is 0 Å². The maximum atomic E-state index is 9.87. The average molecular weight is 1320 g/mol. The van der Waals surface area contributed by atoms with Gasteiger partial charge in [-0.2, -0.15) is 0 Å². The number of rotatable bonds is 12. The van der Waals surface area contributed by atoms with Crippen LogP contribution in [-0.4, -0.2) is 44.9 Å². The third-order valence-electron chi connectivity index (χ3n) is 10.4. The van der Waals surface area contributed by atoms with E-state index in [2.05, 4.69) is 157 Å². The van der Waals surface area contributed by atoms with Gasteiger partial charge in [-0.15, -0.1) is 0 Å². The van der Waals surface area contributed by atoms with E-state index in [1.54, 1.807) is 0 Å². The Bertz CT molecular complexity index is 3140. The van der Waals surface area contributed by atoms with E-state index in [4.69, 9.17) is 0 Å². The zero-order valence-electron chi connectivity index (χ0n) is 44.6. The number of hydrogen-bond donors (Lipinski definition) is 0. The van der Waals surface area contributed by atoms with Crippen LogP contribution in [0.15, 0.2) is 184 Å². The number of nitrogens with zero attached hydrogens (tertiary/aromatic N) is 9. The van der Waals surface area contributed by atoms with Crippen LogP contribution in [0.2, 0.25) is 0 Å². The molecule has 85 heavy (non-hydrogen) atoms. The van der Waals surface area contributed by atoms with Crippen molar-refractivity contribution in [3.8, 4) is 34.2 Å². The van der Waals surface area contributed by atoms with Crippen molar-refractivity contribution in [3.05, 3.63) is 234 Å². The number of aromatic nitrogens is 9. The molecule has 9 heterocycles. The topological polar surface area (TPSA) is 116 Å². The van der Waals surface area contributed by atoms with E-state index < -0.39 is 23.4 Å². The third-order valence-corrected chi connectivity index (χ3v) is 10.4. The van der Waals surface area contributed by atoms with Gasteiger partial charge < -0.3 is 0 Å². The molecule has 9 aromatic rings. The van der Waals surface area contributed by atoms with Crippen molar-refractivity contribution in [3.63, 3.8) is 0 Å². The van der Waals surface area contributed by atoms with Crippen LogP contribution in [0.1, 0.15) is 50.1 Å². The molecule has 1 radical (unpaired) electrons. The first-order chi connectivity index (χ1) is 38.3. The van der Waals surface area contributed by atoms with Crippen LogP contribution in [0.3, 0.4) is 0 Å². The molecule has 0 N–H and O–H groups in total. The second-order valence-electron chi connectivity index (χ2n) is 18.2. The first-order valence-corrected chi connectivity index (χ1v) is 30.4. The van der Waals surface area contributed by atoms with Crippen molar-refractivity contribution in [2.24, 2.45) is 0 Å². The molecule has 0 aliphatic heterocycles. The van der Waals surface area contributed by atoms with Crippen LogP contribution in [0.4, 0.5) is 75.5 Å². The monoisotopic (exact) mass is 1320 g/mol. The number of halogens is 18. The van der Waals surface area contributed by atoms with Gasteiger partial charge in [0, 0.05) is 74.4 Å². The van der Waals surface area contributed by atoms with Gasteiger partial charge in [-0.3, -0.25) is 44.9 Å². The zero-order chi connectivity index (χ0) is 62.7. The summed E-state index contributed by atoms with van der Waals surface area (Å²) >= 11 is 0. The van der Waals surface area contributed by atoms with E-state index in [9.17, 15) is 75.5 Å². The third kappa shape index (κ3) is 40.0. The van der Waals surface area contributed by atoms with Crippen molar-refractivity contribution in [2.45, 2.75) is 59.3 Å². The number of aryl methyl sites for hydroxylation is 9. The molecule has 461 valence electrons. The quantitative estimate of drug-likeness (QED) is 0.0670. The van der Waals surface area contributed by atoms with Gasteiger partial charge in [0.15, 0.2) is 0 Å². The molecule has 9 aromatic heterocycles. The average Bonchev–Trinajstić information content (AvgIpc) is 1.74. The van der Waals surface area contributed by atoms with Gasteiger partial charge >= 0.3 is 116 Å². The maximum Gasteiger partial charge on any atom is 3.00 e. The Morgan fingerprint density at radius 1 is 0.235 bits per heavy atom. The van der Waals surface area contributed by atoms with Crippen molar-refractivity contribution < 1.29 is 92.6 Å².